The van der Waals surface area contributed by atoms with E-state index in [1.54, 1.807) is 0 Å². The van der Waals surface area contributed by atoms with Gasteiger partial charge in [0.1, 0.15) is 5.75 Å². The molecule has 2 rings (SSSR count). The molecule has 0 saturated carbocycles. The van der Waals surface area contributed by atoms with Crippen molar-refractivity contribution in [1.82, 2.24) is 5.48 Å². The molecule has 2 nitrogen and oxygen atoms in total. The van der Waals surface area contributed by atoms with Gasteiger partial charge < -0.3 is 4.84 Å². The van der Waals surface area contributed by atoms with Gasteiger partial charge in [-0.05, 0) is 29.3 Å². The van der Waals surface area contributed by atoms with Crippen LogP contribution >= 0.6 is 0 Å². The van der Waals surface area contributed by atoms with Crippen LogP contribution < -0.4 is 10.3 Å². The number of hydroxylamine groups is 1. The Bertz CT molecular complexity index is 439. The first-order chi connectivity index (χ1) is 7.40. The van der Waals surface area contributed by atoms with Gasteiger partial charge in [-0.15, -0.1) is 0 Å². The van der Waals surface area contributed by atoms with Crippen LogP contribution in [-0.4, -0.2) is 6.54 Å². The van der Waals surface area contributed by atoms with E-state index in [9.17, 15) is 0 Å². The Morgan fingerprint density at radius 2 is 1.87 bits per heavy atom. The maximum absolute atomic E-state index is 5.40. The fraction of sp³-hybridized carbons (Fsp3) is 0.231. The predicted molar refractivity (Wildman–Crippen MR) is 62.9 cm³/mol. The van der Waals surface area contributed by atoms with Gasteiger partial charge in [0.05, 0.1) is 0 Å². The molecule has 2 aromatic rings. The van der Waals surface area contributed by atoms with Crippen LogP contribution in [0.25, 0.3) is 10.8 Å². The minimum atomic E-state index is 0.863. The molecule has 0 radical (unpaired) electrons. The molecule has 2 aromatic carbocycles. The van der Waals surface area contributed by atoms with E-state index in [0.717, 1.165) is 18.7 Å². The quantitative estimate of drug-likeness (QED) is 0.606. The summed E-state index contributed by atoms with van der Waals surface area (Å²) in [5.41, 5.74) is 2.92. The van der Waals surface area contributed by atoms with Crippen molar-refractivity contribution in [2.45, 2.75) is 13.3 Å². The second kappa shape index (κ2) is 4.80. The van der Waals surface area contributed by atoms with E-state index < -0.39 is 0 Å². The molecule has 0 unspecified atom stereocenters. The second-order valence-corrected chi connectivity index (χ2v) is 3.51. The molecule has 0 aliphatic carbocycles. The van der Waals surface area contributed by atoms with Crippen LogP contribution in [-0.2, 0) is 0 Å². The Balaban J connectivity index is 2.16. The molecule has 15 heavy (non-hydrogen) atoms. The van der Waals surface area contributed by atoms with Crippen LogP contribution in [0.5, 0.6) is 5.75 Å². The topological polar surface area (TPSA) is 21.3 Å². The molecule has 78 valence electrons. The lowest BCUT2D eigenvalue weighted by Crippen LogP contribution is -2.18. The van der Waals surface area contributed by atoms with Gasteiger partial charge in [-0.25, -0.2) is 0 Å². The van der Waals surface area contributed by atoms with Crippen molar-refractivity contribution in [3.63, 3.8) is 0 Å². The number of benzene rings is 2. The molecule has 0 spiro atoms. The Kier molecular flexibility index (Phi) is 3.20. The molecular formula is C13H15NO. The highest BCUT2D eigenvalue weighted by Crippen LogP contribution is 2.19. The largest absolute Gasteiger partial charge is 0.409 e. The Labute approximate surface area is 89.8 Å². The summed E-state index contributed by atoms with van der Waals surface area (Å²) in [6, 6.07) is 14.3. The van der Waals surface area contributed by atoms with Gasteiger partial charge in [-0.2, -0.15) is 5.48 Å². The highest BCUT2D eigenvalue weighted by atomic mass is 16.6. The maximum atomic E-state index is 5.40. The van der Waals surface area contributed by atoms with Crippen molar-refractivity contribution in [3.8, 4) is 5.75 Å². The molecule has 0 bridgehead atoms. The standard InChI is InChI=1S/C13H15NO/c1-2-9-14-15-13-8-7-11-5-3-4-6-12(11)10-13/h3-8,10,14H,2,9H2,1H3. The van der Waals surface area contributed by atoms with Gasteiger partial charge in [0, 0.05) is 6.54 Å². The summed E-state index contributed by atoms with van der Waals surface area (Å²) >= 11 is 0. The summed E-state index contributed by atoms with van der Waals surface area (Å²) in [6.45, 7) is 2.98. The van der Waals surface area contributed by atoms with Crippen molar-refractivity contribution in [3.05, 3.63) is 42.5 Å². The zero-order valence-corrected chi connectivity index (χ0v) is 8.86. The molecule has 0 saturated heterocycles. The van der Waals surface area contributed by atoms with Crippen LogP contribution in [0.15, 0.2) is 42.5 Å². The molecule has 0 fully saturated rings. The van der Waals surface area contributed by atoms with Crippen LogP contribution in [0.2, 0.25) is 0 Å². The maximum Gasteiger partial charge on any atom is 0.147 e. The molecular weight excluding hydrogens is 186 g/mol. The number of rotatable bonds is 4. The van der Waals surface area contributed by atoms with Crippen molar-refractivity contribution >= 4 is 10.8 Å². The van der Waals surface area contributed by atoms with Crippen LogP contribution in [0, 0.1) is 0 Å². The molecule has 2 heteroatoms. The van der Waals surface area contributed by atoms with E-state index >= 15 is 0 Å². The minimum absolute atomic E-state index is 0.863. The zero-order chi connectivity index (χ0) is 10.5. The molecule has 1 N–H and O–H groups in total. The highest BCUT2D eigenvalue weighted by Gasteiger charge is 1.96. The molecule has 0 aliphatic rings. The average Bonchev–Trinajstić information content (AvgIpc) is 2.29. The van der Waals surface area contributed by atoms with Crippen molar-refractivity contribution in [1.29, 1.82) is 0 Å². The van der Waals surface area contributed by atoms with Gasteiger partial charge in [-0.3, -0.25) is 0 Å². The first-order valence-electron chi connectivity index (χ1n) is 5.28. The van der Waals surface area contributed by atoms with Crippen molar-refractivity contribution in [2.75, 3.05) is 6.54 Å². The van der Waals surface area contributed by atoms with Gasteiger partial charge in [-0.1, -0.05) is 37.3 Å². The van der Waals surface area contributed by atoms with Gasteiger partial charge >= 0.3 is 0 Å². The third-order valence-electron chi connectivity index (χ3n) is 2.26. The molecule has 0 aliphatic heterocycles. The second-order valence-electron chi connectivity index (χ2n) is 3.51. The van der Waals surface area contributed by atoms with E-state index in [0.29, 0.717) is 0 Å². The summed E-state index contributed by atoms with van der Waals surface area (Å²) in [5, 5.41) is 2.44. The fourth-order valence-electron chi connectivity index (χ4n) is 1.47. The van der Waals surface area contributed by atoms with Gasteiger partial charge in [0.2, 0.25) is 0 Å². The summed E-state index contributed by atoms with van der Waals surface area (Å²) in [4.78, 5) is 5.40. The first-order valence-corrected chi connectivity index (χ1v) is 5.28. The zero-order valence-electron chi connectivity index (χ0n) is 8.86. The molecule has 0 heterocycles. The normalized spacial score (nSPS) is 10.5. The number of fused-ring (bicyclic) bond motifs is 1. The summed E-state index contributed by atoms with van der Waals surface area (Å²) in [7, 11) is 0. The summed E-state index contributed by atoms with van der Waals surface area (Å²) in [5.74, 6) is 0.863. The van der Waals surface area contributed by atoms with E-state index in [-0.39, 0.29) is 0 Å². The fourth-order valence-corrected chi connectivity index (χ4v) is 1.47. The van der Waals surface area contributed by atoms with Crippen LogP contribution in [0.3, 0.4) is 0 Å². The lowest BCUT2D eigenvalue weighted by Gasteiger charge is -2.06. The Hall–Kier alpha value is -1.54. The van der Waals surface area contributed by atoms with Crippen molar-refractivity contribution in [2.24, 2.45) is 0 Å². The Morgan fingerprint density at radius 1 is 1.07 bits per heavy atom. The SMILES string of the molecule is CCCNOc1ccc2ccccc2c1. The Morgan fingerprint density at radius 3 is 2.67 bits per heavy atom. The van der Waals surface area contributed by atoms with Gasteiger partial charge in [0.25, 0.3) is 0 Å². The van der Waals surface area contributed by atoms with E-state index in [2.05, 4.69) is 30.6 Å². The van der Waals surface area contributed by atoms with Crippen molar-refractivity contribution < 1.29 is 4.84 Å². The smallest absolute Gasteiger partial charge is 0.147 e. The van der Waals surface area contributed by atoms with E-state index in [4.69, 9.17) is 4.84 Å². The number of nitrogens with one attached hydrogen (secondary N) is 1. The molecule has 0 amide bonds. The lowest BCUT2D eigenvalue weighted by molar-refractivity contribution is 0.196. The van der Waals surface area contributed by atoms with Crippen LogP contribution in [0.4, 0.5) is 0 Å². The van der Waals surface area contributed by atoms with Gasteiger partial charge in [0.15, 0.2) is 0 Å². The minimum Gasteiger partial charge on any atom is -0.409 e. The van der Waals surface area contributed by atoms with E-state index in [1.165, 1.54) is 10.8 Å². The van der Waals surface area contributed by atoms with Crippen LogP contribution in [0.1, 0.15) is 13.3 Å². The average molecular weight is 201 g/mol. The predicted octanol–water partition coefficient (Wildman–Crippen LogP) is 3.13. The highest BCUT2D eigenvalue weighted by molar-refractivity contribution is 5.83. The third-order valence-corrected chi connectivity index (χ3v) is 2.26. The molecule has 0 aromatic heterocycles. The summed E-state index contributed by atoms with van der Waals surface area (Å²) in [6.07, 6.45) is 1.06. The lowest BCUT2D eigenvalue weighted by atomic mass is 10.1. The third kappa shape index (κ3) is 2.48. The summed E-state index contributed by atoms with van der Waals surface area (Å²) < 4.78 is 0. The number of hydrogen-bond acceptors (Lipinski definition) is 2. The van der Waals surface area contributed by atoms with E-state index in [1.807, 2.05) is 24.3 Å². The monoisotopic (exact) mass is 201 g/mol. The molecule has 0 atom stereocenters. The number of hydrogen-bond donors (Lipinski definition) is 1. The first kappa shape index (κ1) is 9.99.